The van der Waals surface area contributed by atoms with E-state index < -0.39 is 15.8 Å². The molecule has 0 radical (unpaired) electrons. The van der Waals surface area contributed by atoms with E-state index in [9.17, 15) is 12.8 Å². The maximum Gasteiger partial charge on any atom is 0.240 e. The standard InChI is InChI=1S/C20H27FN4O3S/c1-2-28-11-5-10-23-20(22)24-14-17-7-4-9-19(13-17)29(26,27)25-15-16-6-3-8-18(21)12-16/h3-4,6-9,12-13,25H,2,5,10-11,14-15H2,1H3,(H3,22,23,24). The molecule has 0 atom stereocenters. The summed E-state index contributed by atoms with van der Waals surface area (Å²) in [4.78, 5) is 4.34. The number of guanidine groups is 1. The lowest BCUT2D eigenvalue weighted by atomic mass is 10.2. The molecule has 29 heavy (non-hydrogen) atoms. The van der Waals surface area contributed by atoms with Crippen molar-refractivity contribution in [3.05, 3.63) is 65.5 Å². The molecule has 0 saturated heterocycles. The highest BCUT2D eigenvalue weighted by atomic mass is 32.2. The minimum absolute atomic E-state index is 0.00108. The fourth-order valence-corrected chi connectivity index (χ4v) is 3.57. The van der Waals surface area contributed by atoms with Gasteiger partial charge in [-0.3, -0.25) is 0 Å². The normalized spacial score (nSPS) is 12.1. The Morgan fingerprint density at radius 2 is 1.93 bits per heavy atom. The summed E-state index contributed by atoms with van der Waals surface area (Å²) in [5, 5.41) is 2.99. The van der Waals surface area contributed by atoms with Gasteiger partial charge in [-0.25, -0.2) is 22.5 Å². The van der Waals surface area contributed by atoms with Crippen molar-refractivity contribution in [2.75, 3.05) is 19.8 Å². The van der Waals surface area contributed by atoms with Gasteiger partial charge in [-0.1, -0.05) is 24.3 Å². The summed E-state index contributed by atoms with van der Waals surface area (Å²) >= 11 is 0. The van der Waals surface area contributed by atoms with Crippen molar-refractivity contribution < 1.29 is 17.5 Å². The molecule has 0 unspecified atom stereocenters. The van der Waals surface area contributed by atoms with Gasteiger partial charge < -0.3 is 15.8 Å². The number of rotatable bonds is 11. The van der Waals surface area contributed by atoms with Crippen LogP contribution in [0.4, 0.5) is 4.39 Å². The molecule has 7 nitrogen and oxygen atoms in total. The van der Waals surface area contributed by atoms with E-state index in [1.165, 1.54) is 24.3 Å². The maximum atomic E-state index is 13.2. The number of hydrogen-bond acceptors (Lipinski definition) is 4. The second-order valence-electron chi connectivity index (χ2n) is 6.28. The van der Waals surface area contributed by atoms with Crippen LogP contribution in [0.1, 0.15) is 24.5 Å². The van der Waals surface area contributed by atoms with Crippen LogP contribution in [0.3, 0.4) is 0 Å². The van der Waals surface area contributed by atoms with Gasteiger partial charge in [-0.15, -0.1) is 0 Å². The van der Waals surface area contributed by atoms with Gasteiger partial charge in [0.1, 0.15) is 5.82 Å². The third-order valence-electron chi connectivity index (χ3n) is 3.97. The number of ether oxygens (including phenoxy) is 1. The zero-order valence-electron chi connectivity index (χ0n) is 16.4. The average Bonchev–Trinajstić information content (AvgIpc) is 2.71. The summed E-state index contributed by atoms with van der Waals surface area (Å²) in [6, 6.07) is 12.2. The monoisotopic (exact) mass is 422 g/mol. The van der Waals surface area contributed by atoms with E-state index in [0.29, 0.717) is 36.8 Å². The highest BCUT2D eigenvalue weighted by molar-refractivity contribution is 7.89. The first-order valence-corrected chi connectivity index (χ1v) is 10.8. The highest BCUT2D eigenvalue weighted by Crippen LogP contribution is 2.13. The molecule has 158 valence electrons. The van der Waals surface area contributed by atoms with E-state index in [2.05, 4.69) is 15.0 Å². The zero-order valence-corrected chi connectivity index (χ0v) is 17.2. The van der Waals surface area contributed by atoms with Gasteiger partial charge in [-0.05, 0) is 48.7 Å². The number of nitrogens with zero attached hydrogens (tertiary/aromatic N) is 1. The summed E-state index contributed by atoms with van der Waals surface area (Å²) < 4.78 is 46.0. The van der Waals surface area contributed by atoms with Gasteiger partial charge >= 0.3 is 0 Å². The average molecular weight is 423 g/mol. The summed E-state index contributed by atoms with van der Waals surface area (Å²) in [6.07, 6.45) is 0.814. The molecule has 2 aromatic rings. The largest absolute Gasteiger partial charge is 0.382 e. The Hall–Kier alpha value is -2.49. The first-order chi connectivity index (χ1) is 13.9. The second-order valence-corrected chi connectivity index (χ2v) is 8.05. The Bertz CT molecular complexity index is 919. The molecule has 0 aliphatic heterocycles. The van der Waals surface area contributed by atoms with Crippen molar-refractivity contribution >= 4 is 16.0 Å². The van der Waals surface area contributed by atoms with E-state index in [4.69, 9.17) is 10.5 Å². The Kier molecular flexibility index (Phi) is 9.04. The molecular formula is C20H27FN4O3S. The quantitative estimate of drug-likeness (QED) is 0.292. The van der Waals surface area contributed by atoms with Crippen LogP contribution in [0.5, 0.6) is 0 Å². The molecule has 9 heteroatoms. The van der Waals surface area contributed by atoms with E-state index >= 15 is 0 Å². The lowest BCUT2D eigenvalue weighted by molar-refractivity contribution is 0.145. The summed E-state index contributed by atoms with van der Waals surface area (Å²) in [5.74, 6) is -0.121. The van der Waals surface area contributed by atoms with Crippen LogP contribution in [-0.2, 0) is 27.8 Å². The summed E-state index contributed by atoms with van der Waals surface area (Å²) in [6.45, 7) is 4.17. The van der Waals surface area contributed by atoms with Crippen LogP contribution in [0, 0.1) is 5.82 Å². The van der Waals surface area contributed by atoms with Crippen LogP contribution in [-0.4, -0.2) is 34.1 Å². The summed E-state index contributed by atoms with van der Waals surface area (Å²) in [7, 11) is -3.74. The number of sulfonamides is 1. The minimum atomic E-state index is -3.74. The van der Waals surface area contributed by atoms with Crippen molar-refractivity contribution in [3.63, 3.8) is 0 Å². The van der Waals surface area contributed by atoms with Crippen molar-refractivity contribution in [1.82, 2.24) is 10.0 Å². The van der Waals surface area contributed by atoms with E-state index in [0.717, 1.165) is 6.42 Å². The predicted octanol–water partition coefficient (Wildman–Crippen LogP) is 2.14. The van der Waals surface area contributed by atoms with Gasteiger partial charge in [0.25, 0.3) is 0 Å². The molecule has 2 aromatic carbocycles. The number of aliphatic imine (C=N–C) groups is 1. The van der Waals surface area contributed by atoms with Gasteiger partial charge in [0.15, 0.2) is 5.96 Å². The second kappa shape index (κ2) is 11.5. The molecule has 0 amide bonds. The Morgan fingerprint density at radius 3 is 2.69 bits per heavy atom. The van der Waals surface area contributed by atoms with E-state index in [1.54, 1.807) is 24.3 Å². The number of hydrogen-bond donors (Lipinski definition) is 3. The van der Waals surface area contributed by atoms with E-state index in [-0.39, 0.29) is 18.0 Å². The Balaban J connectivity index is 1.92. The number of nitrogens with two attached hydrogens (primary N) is 1. The lowest BCUT2D eigenvalue weighted by Gasteiger charge is -2.09. The molecular weight excluding hydrogens is 395 g/mol. The highest BCUT2D eigenvalue weighted by Gasteiger charge is 2.14. The molecule has 0 fully saturated rings. The molecule has 0 aromatic heterocycles. The van der Waals surface area contributed by atoms with Crippen LogP contribution < -0.4 is 15.8 Å². The maximum absolute atomic E-state index is 13.2. The minimum Gasteiger partial charge on any atom is -0.382 e. The third kappa shape index (κ3) is 8.18. The molecule has 0 bridgehead atoms. The third-order valence-corrected chi connectivity index (χ3v) is 5.37. The topological polar surface area (TPSA) is 106 Å². The molecule has 0 aliphatic carbocycles. The van der Waals surface area contributed by atoms with Crippen LogP contribution in [0.15, 0.2) is 58.4 Å². The summed E-state index contributed by atoms with van der Waals surface area (Å²) in [5.41, 5.74) is 7.07. The molecule has 4 N–H and O–H groups in total. The lowest BCUT2D eigenvalue weighted by Crippen LogP contribution is -2.32. The molecule has 0 aliphatic rings. The Morgan fingerprint density at radius 1 is 1.17 bits per heavy atom. The number of halogens is 1. The van der Waals surface area contributed by atoms with Gasteiger partial charge in [0, 0.05) is 26.3 Å². The Labute approximate surface area is 171 Å². The van der Waals surface area contributed by atoms with Gasteiger partial charge in [0.05, 0.1) is 11.4 Å². The smallest absolute Gasteiger partial charge is 0.240 e. The fourth-order valence-electron chi connectivity index (χ4n) is 2.49. The first-order valence-electron chi connectivity index (χ1n) is 9.35. The van der Waals surface area contributed by atoms with Crippen molar-refractivity contribution in [2.24, 2.45) is 10.7 Å². The fraction of sp³-hybridized carbons (Fsp3) is 0.350. The SMILES string of the molecule is CCOCCCNC(N)=NCc1cccc(S(=O)(=O)NCc2cccc(F)c2)c1. The first kappa shape index (κ1) is 22.8. The molecule has 2 rings (SSSR count). The molecule has 0 saturated carbocycles. The van der Waals surface area contributed by atoms with Crippen LogP contribution in [0.2, 0.25) is 0 Å². The van der Waals surface area contributed by atoms with Crippen molar-refractivity contribution in [2.45, 2.75) is 31.3 Å². The van der Waals surface area contributed by atoms with Crippen molar-refractivity contribution in [3.8, 4) is 0 Å². The molecule has 0 spiro atoms. The van der Waals surface area contributed by atoms with Crippen LogP contribution >= 0.6 is 0 Å². The van der Waals surface area contributed by atoms with Crippen molar-refractivity contribution in [1.29, 1.82) is 0 Å². The molecule has 0 heterocycles. The number of benzene rings is 2. The number of nitrogens with one attached hydrogen (secondary N) is 2. The van der Waals surface area contributed by atoms with Gasteiger partial charge in [0.2, 0.25) is 10.0 Å². The van der Waals surface area contributed by atoms with Gasteiger partial charge in [-0.2, -0.15) is 0 Å². The van der Waals surface area contributed by atoms with Crippen LogP contribution in [0.25, 0.3) is 0 Å². The van der Waals surface area contributed by atoms with E-state index in [1.807, 2.05) is 6.92 Å². The zero-order chi connectivity index (χ0) is 21.1. The predicted molar refractivity (Wildman–Crippen MR) is 111 cm³/mol.